The van der Waals surface area contributed by atoms with Gasteiger partial charge in [0, 0.05) is 44.0 Å². The number of amides is 3. The molecule has 2 atom stereocenters. The number of halogens is 9. The highest BCUT2D eigenvalue weighted by molar-refractivity contribution is 9.10. The number of hydrogen-bond acceptors (Lipinski definition) is 7. The van der Waals surface area contributed by atoms with Crippen molar-refractivity contribution >= 4 is 64.8 Å². The third-order valence-electron chi connectivity index (χ3n) is 7.81. The number of nitrogens with one attached hydrogen (secondary N) is 2. The minimum absolute atomic E-state index is 0.0108. The first-order valence-electron chi connectivity index (χ1n) is 14.6. The van der Waals surface area contributed by atoms with Crippen LogP contribution in [0.2, 0.25) is 0 Å². The van der Waals surface area contributed by atoms with Gasteiger partial charge in [-0.3, -0.25) is 23.5 Å². The van der Waals surface area contributed by atoms with Gasteiger partial charge in [-0.1, -0.05) is 68.3 Å². The monoisotopic (exact) mass is 939 g/mol. The molecule has 0 fully saturated rings. The van der Waals surface area contributed by atoms with Crippen LogP contribution in [0.5, 0.6) is 0 Å². The fourth-order valence-corrected chi connectivity index (χ4v) is 7.19. The third kappa shape index (κ3) is 9.10. The molecule has 25 heteroatoms. The molecule has 292 valence electrons. The number of carbonyl (C=O) groups excluding carboxylic acids is 3. The summed E-state index contributed by atoms with van der Waals surface area (Å²) in [5.41, 5.74) is -9.92. The van der Waals surface area contributed by atoms with Gasteiger partial charge in [0.15, 0.2) is 0 Å². The van der Waals surface area contributed by atoms with Crippen LogP contribution in [-0.2, 0) is 48.6 Å². The van der Waals surface area contributed by atoms with Crippen molar-refractivity contribution in [2.24, 2.45) is 16.0 Å². The summed E-state index contributed by atoms with van der Waals surface area (Å²) < 4.78 is 120. The van der Waals surface area contributed by atoms with E-state index in [0.717, 1.165) is 42.5 Å². The molecule has 14 nitrogen and oxygen atoms in total. The van der Waals surface area contributed by atoms with Crippen molar-refractivity contribution in [3.05, 3.63) is 103 Å². The van der Waals surface area contributed by atoms with Gasteiger partial charge in [0.25, 0.3) is 5.91 Å². The molecule has 4 rings (SSSR count). The summed E-state index contributed by atoms with van der Waals surface area (Å²) in [4.78, 5) is 75.7. The van der Waals surface area contributed by atoms with Crippen molar-refractivity contribution in [1.29, 1.82) is 0 Å². The van der Waals surface area contributed by atoms with E-state index in [1.807, 2.05) is 0 Å². The maximum Gasteiger partial charge on any atom is 0.442 e. The predicted octanol–water partition coefficient (Wildman–Crippen LogP) is 5.40. The number of nitrogens with zero attached hydrogens (tertiary/aromatic N) is 2. The predicted molar refractivity (Wildman–Crippen MR) is 179 cm³/mol. The standard InChI is InChI=1S/C29H24Br2F7N5O9P2/c30-18-11-15(10-17(12-18)26(42-43-26)29(36,37)38)24(45)41-22(8-13-1-4-16(5-2-13)27(32,33)53(47,48)49)25(46)40-21(23(39)44)9-14-3-6-19(20(31)7-14)28(34,35)54(50,51)52/h1-7,10-12,21-22H,8-9H2,(H2,39,44)(H,40,46)(H,41,45)(H2,47,48,49)(H2,50,51,52)/t21-,22-/m0/s1. The molecule has 0 radical (unpaired) electrons. The molecule has 3 aromatic carbocycles. The fourth-order valence-electron chi connectivity index (χ4n) is 4.88. The molecular weight excluding hydrogens is 917 g/mol. The molecule has 3 aromatic rings. The van der Waals surface area contributed by atoms with Gasteiger partial charge in [0.2, 0.25) is 11.8 Å². The van der Waals surface area contributed by atoms with E-state index in [9.17, 15) is 54.2 Å². The van der Waals surface area contributed by atoms with E-state index in [2.05, 4.69) is 52.7 Å². The number of alkyl halides is 7. The summed E-state index contributed by atoms with van der Waals surface area (Å²) >= 11 is 5.79. The molecule has 0 bridgehead atoms. The van der Waals surface area contributed by atoms with Crippen molar-refractivity contribution in [2.75, 3.05) is 0 Å². The highest BCUT2D eigenvalue weighted by Crippen LogP contribution is 2.61. The number of hydrogen-bond donors (Lipinski definition) is 7. The summed E-state index contributed by atoms with van der Waals surface area (Å²) in [5.74, 6) is -3.56. The van der Waals surface area contributed by atoms with Crippen LogP contribution in [0.1, 0.15) is 38.2 Å². The highest BCUT2D eigenvalue weighted by Gasteiger charge is 2.65. The molecule has 0 aromatic heterocycles. The van der Waals surface area contributed by atoms with E-state index in [0.29, 0.717) is 18.2 Å². The Morgan fingerprint density at radius 3 is 1.78 bits per heavy atom. The van der Waals surface area contributed by atoms with Crippen molar-refractivity contribution in [2.45, 2.75) is 48.1 Å². The van der Waals surface area contributed by atoms with Crippen LogP contribution in [0.15, 0.2) is 79.8 Å². The molecule has 0 saturated carbocycles. The maximum atomic E-state index is 14.3. The Labute approximate surface area is 315 Å². The smallest absolute Gasteiger partial charge is 0.368 e. The van der Waals surface area contributed by atoms with Crippen LogP contribution in [0.3, 0.4) is 0 Å². The summed E-state index contributed by atoms with van der Waals surface area (Å²) in [7, 11) is -11.9. The Morgan fingerprint density at radius 2 is 1.30 bits per heavy atom. The zero-order chi connectivity index (χ0) is 40.8. The topological polar surface area (TPSA) is 241 Å². The SMILES string of the molecule is NC(=O)[C@H](Cc1ccc(C(F)(F)P(=O)(O)O)c(Br)c1)NC(=O)[C@H](Cc1ccc(C(F)(F)P(=O)(O)O)cc1)NC(=O)c1cc(Br)cc(C2(C(F)(F)F)N=N2)c1. The van der Waals surface area contributed by atoms with Gasteiger partial charge in [-0.25, -0.2) is 0 Å². The Kier molecular flexibility index (Phi) is 12.1. The number of primary amides is 1. The van der Waals surface area contributed by atoms with Crippen molar-refractivity contribution < 1.29 is 73.8 Å². The molecule has 1 heterocycles. The van der Waals surface area contributed by atoms with E-state index in [4.69, 9.17) is 25.3 Å². The Balaban J connectivity index is 1.65. The van der Waals surface area contributed by atoms with Crippen molar-refractivity contribution in [1.82, 2.24) is 10.6 Å². The maximum absolute atomic E-state index is 14.3. The van der Waals surface area contributed by atoms with Gasteiger partial charge in [0.05, 0.1) is 0 Å². The first-order valence-corrected chi connectivity index (χ1v) is 19.4. The van der Waals surface area contributed by atoms with E-state index < -0.39 is 108 Å². The number of carbonyl (C=O) groups is 3. The summed E-state index contributed by atoms with van der Waals surface area (Å²) in [6.45, 7) is 0. The Morgan fingerprint density at radius 1 is 0.759 bits per heavy atom. The van der Waals surface area contributed by atoms with Crippen LogP contribution in [0, 0.1) is 0 Å². The minimum Gasteiger partial charge on any atom is -0.368 e. The molecule has 0 saturated heterocycles. The lowest BCUT2D eigenvalue weighted by molar-refractivity contribution is -0.166. The average Bonchev–Trinajstić information content (AvgIpc) is 3.86. The highest BCUT2D eigenvalue weighted by atomic mass is 79.9. The molecule has 54 heavy (non-hydrogen) atoms. The first-order chi connectivity index (χ1) is 24.6. The minimum atomic E-state index is -5.97. The van der Waals surface area contributed by atoms with Crippen molar-refractivity contribution in [3.63, 3.8) is 0 Å². The van der Waals surface area contributed by atoms with Crippen LogP contribution >= 0.6 is 47.1 Å². The molecule has 0 unspecified atom stereocenters. The molecule has 8 N–H and O–H groups in total. The van der Waals surface area contributed by atoms with E-state index in [1.54, 1.807) is 0 Å². The number of benzene rings is 3. The number of nitrogens with two attached hydrogens (primary N) is 1. The van der Waals surface area contributed by atoms with Gasteiger partial charge in [-0.15, -0.1) is 10.2 Å². The van der Waals surface area contributed by atoms with E-state index in [-0.39, 0.29) is 15.6 Å². The lowest BCUT2D eigenvalue weighted by Crippen LogP contribution is -2.54. The van der Waals surface area contributed by atoms with E-state index >= 15 is 0 Å². The van der Waals surface area contributed by atoms with Gasteiger partial charge < -0.3 is 35.9 Å². The summed E-state index contributed by atoms with van der Waals surface area (Å²) in [5, 5.41) is 10.7. The molecule has 0 aliphatic carbocycles. The van der Waals surface area contributed by atoms with Gasteiger partial charge in [-0.05, 0) is 35.4 Å². The normalized spacial score (nSPS) is 15.6. The number of rotatable bonds is 14. The molecular formula is C29H24Br2F7N5O9P2. The second-order valence-electron chi connectivity index (χ2n) is 11.7. The first kappa shape index (κ1) is 43.2. The zero-order valence-electron chi connectivity index (χ0n) is 26.4. The zero-order valence-corrected chi connectivity index (χ0v) is 31.4. The van der Waals surface area contributed by atoms with Gasteiger partial charge >= 0.3 is 38.4 Å². The quantitative estimate of drug-likeness (QED) is 0.0808. The summed E-state index contributed by atoms with van der Waals surface area (Å²) in [6, 6.07) is 5.16. The van der Waals surface area contributed by atoms with Crippen LogP contribution in [0.25, 0.3) is 0 Å². The van der Waals surface area contributed by atoms with E-state index in [1.165, 1.54) is 0 Å². The van der Waals surface area contributed by atoms with Crippen molar-refractivity contribution in [3.8, 4) is 0 Å². The molecule has 0 spiro atoms. The lowest BCUT2D eigenvalue weighted by atomic mass is 9.99. The van der Waals surface area contributed by atoms with Crippen LogP contribution < -0.4 is 16.4 Å². The second-order valence-corrected chi connectivity index (χ2v) is 16.7. The molecule has 1 aliphatic rings. The molecule has 1 aliphatic heterocycles. The fraction of sp³-hybridized carbons (Fsp3) is 0.276. The summed E-state index contributed by atoms with van der Waals surface area (Å²) in [6.07, 6.45) is -6.08. The van der Waals surface area contributed by atoms with Gasteiger partial charge in [0.1, 0.15) is 12.1 Å². The van der Waals surface area contributed by atoms with Gasteiger partial charge in [-0.2, -0.15) is 30.7 Å². The third-order valence-corrected chi connectivity index (χ3v) is 10.9. The Bertz CT molecular complexity index is 2110. The second kappa shape index (κ2) is 15.2. The largest absolute Gasteiger partial charge is 0.442 e. The average molecular weight is 941 g/mol. The van der Waals surface area contributed by atoms with Crippen LogP contribution in [-0.4, -0.2) is 55.6 Å². The lowest BCUT2D eigenvalue weighted by Gasteiger charge is -2.24. The van der Waals surface area contributed by atoms with Crippen LogP contribution in [0.4, 0.5) is 30.7 Å². The molecule has 3 amide bonds. The Hall–Kier alpha value is -3.56.